The highest BCUT2D eigenvalue weighted by molar-refractivity contribution is 5.80. The van der Waals surface area contributed by atoms with Crippen molar-refractivity contribution in [3.8, 4) is 0 Å². The maximum absolute atomic E-state index is 12.4. The number of urea groups is 1. The molecule has 5 nitrogen and oxygen atoms in total. The fourth-order valence-electron chi connectivity index (χ4n) is 3.72. The summed E-state index contributed by atoms with van der Waals surface area (Å²) in [5, 5.41) is 12.6. The lowest BCUT2D eigenvalue weighted by Gasteiger charge is -2.29. The third kappa shape index (κ3) is 3.16. The number of nitrogens with zero attached hydrogens (tertiary/aromatic N) is 1. The van der Waals surface area contributed by atoms with Crippen molar-refractivity contribution < 1.29 is 14.7 Å². The van der Waals surface area contributed by atoms with Gasteiger partial charge in [-0.25, -0.2) is 4.79 Å². The van der Waals surface area contributed by atoms with Gasteiger partial charge in [-0.05, 0) is 37.0 Å². The molecule has 0 aromatic rings. The van der Waals surface area contributed by atoms with E-state index in [9.17, 15) is 14.7 Å². The molecule has 1 aliphatic heterocycles. The van der Waals surface area contributed by atoms with Crippen LogP contribution in [0.5, 0.6) is 0 Å². The molecule has 2 atom stereocenters. The first-order valence-electron chi connectivity index (χ1n) is 7.95. The number of carboxylic acids is 1. The monoisotopic (exact) mass is 296 g/mol. The van der Waals surface area contributed by atoms with Crippen LogP contribution in [0.15, 0.2) is 0 Å². The molecule has 120 valence electrons. The smallest absolute Gasteiger partial charge is 0.317 e. The van der Waals surface area contributed by atoms with E-state index >= 15 is 0 Å². The Morgan fingerprint density at radius 2 is 1.95 bits per heavy atom. The number of nitrogens with one attached hydrogen (secondary N) is 1. The predicted octanol–water partition coefficient (Wildman–Crippen LogP) is 2.71. The summed E-state index contributed by atoms with van der Waals surface area (Å²) < 4.78 is 0. The third-order valence-electron chi connectivity index (χ3n) is 5.42. The Hall–Kier alpha value is -1.26. The Balaban J connectivity index is 1.95. The van der Waals surface area contributed by atoms with Crippen LogP contribution in [0.25, 0.3) is 0 Å². The number of likely N-dealkylation sites (tertiary alicyclic amines) is 1. The van der Waals surface area contributed by atoms with Gasteiger partial charge in [-0.3, -0.25) is 4.79 Å². The van der Waals surface area contributed by atoms with Crippen molar-refractivity contribution in [1.82, 2.24) is 10.2 Å². The first kappa shape index (κ1) is 16.1. The quantitative estimate of drug-likeness (QED) is 0.841. The molecule has 5 heteroatoms. The number of carbonyl (C=O) groups excluding carboxylic acids is 1. The first-order chi connectivity index (χ1) is 9.66. The molecule has 2 amide bonds. The van der Waals surface area contributed by atoms with E-state index in [2.05, 4.69) is 19.2 Å². The molecule has 2 fully saturated rings. The van der Waals surface area contributed by atoms with E-state index in [0.29, 0.717) is 24.9 Å². The molecule has 2 aliphatic rings. The van der Waals surface area contributed by atoms with Crippen molar-refractivity contribution in [2.45, 2.75) is 59.4 Å². The van der Waals surface area contributed by atoms with Gasteiger partial charge >= 0.3 is 12.0 Å². The standard InChI is InChI=1S/C16H28N2O3/c1-11(2)16(13(19)20)7-8-18(10-16)14(21)17-12-5-6-15(3,4)9-12/h11-12H,5-10H2,1-4H3,(H,17,21)(H,19,20). The van der Waals surface area contributed by atoms with Crippen molar-refractivity contribution >= 4 is 12.0 Å². The van der Waals surface area contributed by atoms with Gasteiger partial charge in [0.2, 0.25) is 0 Å². The molecular formula is C16H28N2O3. The van der Waals surface area contributed by atoms with Gasteiger partial charge in [0.05, 0.1) is 5.41 Å². The summed E-state index contributed by atoms with van der Waals surface area (Å²) in [6.45, 7) is 9.16. The van der Waals surface area contributed by atoms with Gasteiger partial charge in [0.15, 0.2) is 0 Å². The van der Waals surface area contributed by atoms with E-state index in [1.165, 1.54) is 0 Å². The van der Waals surface area contributed by atoms with Crippen LogP contribution in [-0.2, 0) is 4.79 Å². The Morgan fingerprint density at radius 3 is 2.38 bits per heavy atom. The normalized spacial score (nSPS) is 31.7. The number of hydrogen-bond donors (Lipinski definition) is 2. The highest BCUT2D eigenvalue weighted by atomic mass is 16.4. The lowest BCUT2D eigenvalue weighted by molar-refractivity contribution is -0.150. The van der Waals surface area contributed by atoms with Crippen molar-refractivity contribution in [1.29, 1.82) is 0 Å². The topological polar surface area (TPSA) is 69.6 Å². The van der Waals surface area contributed by atoms with Gasteiger partial charge in [-0.15, -0.1) is 0 Å². The minimum Gasteiger partial charge on any atom is -0.481 e. The van der Waals surface area contributed by atoms with Crippen LogP contribution in [0, 0.1) is 16.7 Å². The summed E-state index contributed by atoms with van der Waals surface area (Å²) in [6, 6.07) is 0.132. The fraction of sp³-hybridized carbons (Fsp3) is 0.875. The second-order valence-corrected chi connectivity index (χ2v) is 7.84. The maximum Gasteiger partial charge on any atom is 0.317 e. The molecule has 2 rings (SSSR count). The maximum atomic E-state index is 12.4. The van der Waals surface area contributed by atoms with E-state index in [4.69, 9.17) is 0 Å². The molecule has 21 heavy (non-hydrogen) atoms. The van der Waals surface area contributed by atoms with E-state index in [1.54, 1.807) is 4.90 Å². The van der Waals surface area contributed by atoms with Crippen molar-refractivity contribution in [2.75, 3.05) is 13.1 Å². The van der Waals surface area contributed by atoms with E-state index in [-0.39, 0.29) is 18.0 Å². The molecule has 1 saturated carbocycles. The molecular weight excluding hydrogens is 268 g/mol. The average Bonchev–Trinajstić information content (AvgIpc) is 2.94. The second kappa shape index (κ2) is 5.50. The minimum atomic E-state index is -0.785. The van der Waals surface area contributed by atoms with E-state index in [1.807, 2.05) is 13.8 Å². The number of aliphatic carboxylic acids is 1. The van der Waals surface area contributed by atoms with Crippen molar-refractivity contribution in [3.63, 3.8) is 0 Å². The largest absolute Gasteiger partial charge is 0.481 e. The summed E-state index contributed by atoms with van der Waals surface area (Å²) in [6.07, 6.45) is 3.69. The van der Waals surface area contributed by atoms with Gasteiger partial charge < -0.3 is 15.3 Å². The summed E-state index contributed by atoms with van der Waals surface area (Å²) in [5.74, 6) is -0.756. The second-order valence-electron chi connectivity index (χ2n) is 7.84. The zero-order valence-corrected chi connectivity index (χ0v) is 13.6. The van der Waals surface area contributed by atoms with Crippen LogP contribution in [0.2, 0.25) is 0 Å². The number of amides is 2. The highest BCUT2D eigenvalue weighted by Crippen LogP contribution is 2.39. The summed E-state index contributed by atoms with van der Waals surface area (Å²) in [7, 11) is 0. The van der Waals surface area contributed by atoms with Crippen LogP contribution in [0.4, 0.5) is 4.79 Å². The van der Waals surface area contributed by atoms with Crippen LogP contribution >= 0.6 is 0 Å². The van der Waals surface area contributed by atoms with Gasteiger partial charge in [0, 0.05) is 19.1 Å². The van der Waals surface area contributed by atoms with Gasteiger partial charge in [0.1, 0.15) is 0 Å². The molecule has 0 spiro atoms. The lowest BCUT2D eigenvalue weighted by Crippen LogP contribution is -2.46. The molecule has 1 aliphatic carbocycles. The van der Waals surface area contributed by atoms with Gasteiger partial charge in [-0.1, -0.05) is 27.7 Å². The molecule has 1 heterocycles. The molecule has 0 aromatic heterocycles. The number of carboxylic acid groups (broad SMARTS) is 1. The minimum absolute atomic E-state index is 0.0261. The van der Waals surface area contributed by atoms with Crippen molar-refractivity contribution in [3.05, 3.63) is 0 Å². The number of carbonyl (C=O) groups is 2. The molecule has 2 unspecified atom stereocenters. The number of rotatable bonds is 3. The van der Waals surface area contributed by atoms with Crippen LogP contribution in [-0.4, -0.2) is 41.1 Å². The number of hydrogen-bond acceptors (Lipinski definition) is 2. The van der Waals surface area contributed by atoms with Crippen LogP contribution in [0.3, 0.4) is 0 Å². The highest BCUT2D eigenvalue weighted by Gasteiger charge is 2.48. The van der Waals surface area contributed by atoms with Crippen LogP contribution in [0.1, 0.15) is 53.4 Å². The Morgan fingerprint density at radius 1 is 1.29 bits per heavy atom. The predicted molar refractivity (Wildman–Crippen MR) is 81.0 cm³/mol. The molecule has 0 radical (unpaired) electrons. The van der Waals surface area contributed by atoms with Gasteiger partial charge in [-0.2, -0.15) is 0 Å². The summed E-state index contributed by atoms with van der Waals surface area (Å²) in [5.41, 5.74) is -0.488. The Bertz CT molecular complexity index is 433. The average molecular weight is 296 g/mol. The third-order valence-corrected chi connectivity index (χ3v) is 5.42. The Labute approximate surface area is 127 Å². The molecule has 0 bridgehead atoms. The SMILES string of the molecule is CC(C)C1(C(=O)O)CCN(C(=O)NC2CCC(C)(C)C2)C1. The summed E-state index contributed by atoms with van der Waals surface area (Å²) in [4.78, 5) is 25.7. The summed E-state index contributed by atoms with van der Waals surface area (Å²) >= 11 is 0. The van der Waals surface area contributed by atoms with E-state index in [0.717, 1.165) is 19.3 Å². The molecule has 0 aromatic carbocycles. The molecule has 1 saturated heterocycles. The first-order valence-corrected chi connectivity index (χ1v) is 7.95. The van der Waals surface area contributed by atoms with Gasteiger partial charge in [0.25, 0.3) is 0 Å². The zero-order chi connectivity index (χ0) is 15.8. The fourth-order valence-corrected chi connectivity index (χ4v) is 3.72. The lowest BCUT2D eigenvalue weighted by atomic mass is 9.76. The molecule has 2 N–H and O–H groups in total. The zero-order valence-electron chi connectivity index (χ0n) is 13.6. The van der Waals surface area contributed by atoms with Crippen LogP contribution < -0.4 is 5.32 Å². The van der Waals surface area contributed by atoms with E-state index < -0.39 is 11.4 Å². The Kier molecular flexibility index (Phi) is 4.22. The van der Waals surface area contributed by atoms with Crippen molar-refractivity contribution in [2.24, 2.45) is 16.7 Å².